The summed E-state index contributed by atoms with van der Waals surface area (Å²) in [6, 6.07) is -0.441. The number of ketones is 1. The zero-order valence-corrected chi connectivity index (χ0v) is 29.5. The number of carboxylic acids is 1. The molecule has 4 N–H and O–H groups in total. The highest BCUT2D eigenvalue weighted by Gasteiger charge is 2.72. The number of aliphatic carboxylic acids is 1. The lowest BCUT2D eigenvalue weighted by atomic mass is 9.33. The molecule has 5 aliphatic carbocycles. The van der Waals surface area contributed by atoms with Crippen molar-refractivity contribution in [1.29, 1.82) is 0 Å². The second-order valence-electron chi connectivity index (χ2n) is 17.3. The largest absolute Gasteiger partial charge is 0.519 e. The first kappa shape index (κ1) is 34.6. The van der Waals surface area contributed by atoms with Crippen molar-refractivity contribution in [3.63, 3.8) is 0 Å². The molecule has 0 saturated heterocycles. The van der Waals surface area contributed by atoms with Crippen LogP contribution in [0.5, 0.6) is 0 Å². The number of carbonyl (C=O) groups excluding carboxylic acids is 3. The van der Waals surface area contributed by atoms with Crippen molar-refractivity contribution < 1.29 is 37.9 Å². The van der Waals surface area contributed by atoms with Crippen molar-refractivity contribution in [1.82, 2.24) is 5.32 Å². The van der Waals surface area contributed by atoms with Gasteiger partial charge >= 0.3 is 17.8 Å². The second-order valence-corrected chi connectivity index (χ2v) is 17.3. The number of allylic oxidation sites excluding steroid dienone is 2. The third kappa shape index (κ3) is 4.80. The Kier molecular flexibility index (Phi) is 8.05. The molecule has 1 heterocycles. The van der Waals surface area contributed by atoms with E-state index in [9.17, 15) is 29.1 Å². The summed E-state index contributed by atoms with van der Waals surface area (Å²) in [5.74, 6) is -2.87. The Labute approximate surface area is 281 Å². The number of ether oxygens (including phenoxy) is 1. The Morgan fingerprint density at radius 2 is 1.67 bits per heavy atom. The van der Waals surface area contributed by atoms with E-state index >= 15 is 0 Å². The van der Waals surface area contributed by atoms with Crippen LogP contribution in [0.25, 0.3) is 0 Å². The topological polar surface area (TPSA) is 179 Å². The Balaban J connectivity index is 1.39. The standard InChI is InChI=1S/C37H52N2O9/c1-20-24(48-31(45)47-20)19-46-30(44)37(7)25-8-11-36(6)28(34(25,4)10-9-26(37)39-18-27(38)41)23(40)16-21-22-17-33(3,29(42)43)13-12-32(22,2)14-15-35(21,36)5/h16,22,25-26,28,39H,8-15,17-19H2,1-7H3,(H2,38,41)(H,42,43)/t22-,25+,26-,28+,32+,33-,34-,35+,36+,37-/m0/s1. The van der Waals surface area contributed by atoms with E-state index in [-0.39, 0.29) is 59.0 Å². The molecule has 11 nitrogen and oxygen atoms in total. The number of nitrogens with one attached hydrogen (secondary N) is 1. The van der Waals surface area contributed by atoms with Gasteiger partial charge in [0.15, 0.2) is 23.9 Å². The number of carboxylic acid groups (broad SMARTS) is 1. The maximum absolute atomic E-state index is 14.8. The van der Waals surface area contributed by atoms with Crippen LogP contribution in [0.15, 0.2) is 25.3 Å². The van der Waals surface area contributed by atoms with E-state index in [1.54, 1.807) is 6.92 Å². The minimum absolute atomic E-state index is 0.0127. The predicted molar refractivity (Wildman–Crippen MR) is 174 cm³/mol. The highest BCUT2D eigenvalue weighted by Crippen LogP contribution is 2.75. The van der Waals surface area contributed by atoms with Gasteiger partial charge < -0.3 is 29.7 Å². The molecule has 0 aliphatic heterocycles. The molecule has 264 valence electrons. The quantitative estimate of drug-likeness (QED) is 0.332. The van der Waals surface area contributed by atoms with Gasteiger partial charge in [-0.15, -0.1) is 0 Å². The van der Waals surface area contributed by atoms with E-state index in [0.29, 0.717) is 38.5 Å². The van der Waals surface area contributed by atoms with E-state index in [2.05, 4.69) is 33.0 Å². The molecule has 1 aromatic heterocycles. The van der Waals surface area contributed by atoms with Gasteiger partial charge in [0.05, 0.1) is 17.4 Å². The van der Waals surface area contributed by atoms with Crippen LogP contribution in [0.1, 0.15) is 111 Å². The first-order valence-corrected chi connectivity index (χ1v) is 17.5. The average Bonchev–Trinajstić information content (AvgIpc) is 3.33. The van der Waals surface area contributed by atoms with Crippen molar-refractivity contribution in [3.8, 4) is 0 Å². The van der Waals surface area contributed by atoms with E-state index < -0.39 is 51.4 Å². The van der Waals surface area contributed by atoms with E-state index in [1.165, 1.54) is 0 Å². The molecule has 0 bridgehead atoms. The Morgan fingerprint density at radius 3 is 2.29 bits per heavy atom. The number of nitrogens with two attached hydrogens (primary N) is 1. The maximum Gasteiger partial charge on any atom is 0.519 e. The van der Waals surface area contributed by atoms with Crippen LogP contribution < -0.4 is 16.9 Å². The number of amides is 1. The van der Waals surface area contributed by atoms with E-state index in [0.717, 1.165) is 24.8 Å². The fraction of sp³-hybridized carbons (Fsp3) is 0.757. The monoisotopic (exact) mass is 668 g/mol. The molecule has 5 aliphatic rings. The molecule has 6 rings (SSSR count). The Morgan fingerprint density at radius 1 is 0.979 bits per heavy atom. The number of carbonyl (C=O) groups is 4. The van der Waals surface area contributed by atoms with Crippen LogP contribution in [0, 0.1) is 57.2 Å². The zero-order valence-electron chi connectivity index (χ0n) is 29.5. The molecule has 0 aromatic carbocycles. The second kappa shape index (κ2) is 11.2. The normalized spacial score (nSPS) is 43.6. The Bertz CT molecular complexity index is 1640. The third-order valence-corrected chi connectivity index (χ3v) is 14.9. The first-order chi connectivity index (χ1) is 22.2. The van der Waals surface area contributed by atoms with Gasteiger partial charge in [0.25, 0.3) is 0 Å². The Hall–Kier alpha value is -3.21. The van der Waals surface area contributed by atoms with E-state index in [1.807, 2.05) is 19.9 Å². The number of fused-ring (bicyclic) bond motifs is 7. The lowest BCUT2D eigenvalue weighted by Crippen LogP contribution is -2.69. The van der Waals surface area contributed by atoms with E-state index in [4.69, 9.17) is 19.3 Å². The number of hydrogen-bond donors (Lipinski definition) is 3. The molecular weight excluding hydrogens is 616 g/mol. The van der Waals surface area contributed by atoms with Crippen LogP contribution >= 0.6 is 0 Å². The molecule has 1 amide bonds. The molecule has 0 unspecified atom stereocenters. The summed E-state index contributed by atoms with van der Waals surface area (Å²) in [5, 5.41) is 13.4. The van der Waals surface area contributed by atoms with Crippen molar-refractivity contribution in [2.75, 3.05) is 6.54 Å². The fourth-order valence-corrected chi connectivity index (χ4v) is 11.7. The van der Waals surface area contributed by atoms with Gasteiger partial charge in [-0.1, -0.05) is 33.3 Å². The zero-order chi connectivity index (χ0) is 35.2. The fourth-order valence-electron chi connectivity index (χ4n) is 11.7. The van der Waals surface area contributed by atoms with Crippen molar-refractivity contribution in [2.24, 2.45) is 56.0 Å². The van der Waals surface area contributed by atoms with Gasteiger partial charge in [-0.05, 0) is 118 Å². The summed E-state index contributed by atoms with van der Waals surface area (Å²) in [4.78, 5) is 65.0. The third-order valence-electron chi connectivity index (χ3n) is 14.9. The first-order valence-electron chi connectivity index (χ1n) is 17.5. The van der Waals surface area contributed by atoms with Crippen LogP contribution in [0.4, 0.5) is 0 Å². The molecule has 1 aromatic rings. The molecular formula is C37H52N2O9. The SMILES string of the molecule is Cc1oc(=O)oc1COC(=O)[C@]1(C)[C@@H](NCC(N)=O)CC[C@@]2(C)[C@H]1CC[C@]1(C)[C@@H]2C(=O)C=C2[C@@H]3C[C@@](C)(C(=O)O)CC[C@]3(C)CC[C@]21C. The summed E-state index contributed by atoms with van der Waals surface area (Å²) in [5.41, 5.74) is 3.34. The minimum atomic E-state index is -1.13. The van der Waals surface area contributed by atoms with Crippen LogP contribution in [0.2, 0.25) is 0 Å². The highest BCUT2D eigenvalue weighted by molar-refractivity contribution is 5.96. The summed E-state index contributed by atoms with van der Waals surface area (Å²) < 4.78 is 15.9. The lowest BCUT2D eigenvalue weighted by Gasteiger charge is -2.70. The summed E-state index contributed by atoms with van der Waals surface area (Å²) in [6.45, 7) is 13.9. The molecule has 0 spiro atoms. The summed E-state index contributed by atoms with van der Waals surface area (Å²) in [7, 11) is 0. The van der Waals surface area contributed by atoms with Gasteiger partial charge in [0.1, 0.15) is 0 Å². The number of rotatable bonds is 7. The smallest absolute Gasteiger partial charge is 0.481 e. The van der Waals surface area contributed by atoms with Gasteiger partial charge in [-0.2, -0.15) is 0 Å². The van der Waals surface area contributed by atoms with Gasteiger partial charge in [0, 0.05) is 12.0 Å². The van der Waals surface area contributed by atoms with Crippen molar-refractivity contribution in [2.45, 2.75) is 119 Å². The number of esters is 1. The minimum Gasteiger partial charge on any atom is -0.481 e. The summed E-state index contributed by atoms with van der Waals surface area (Å²) >= 11 is 0. The highest BCUT2D eigenvalue weighted by atomic mass is 16.6. The predicted octanol–water partition coefficient (Wildman–Crippen LogP) is 5.07. The van der Waals surface area contributed by atoms with Gasteiger partial charge in [-0.3, -0.25) is 19.2 Å². The average molecular weight is 669 g/mol. The molecule has 4 saturated carbocycles. The molecule has 10 atom stereocenters. The van der Waals surface area contributed by atoms with Crippen LogP contribution in [0.3, 0.4) is 0 Å². The van der Waals surface area contributed by atoms with Gasteiger partial charge in [0.2, 0.25) is 5.91 Å². The molecule has 0 radical (unpaired) electrons. The van der Waals surface area contributed by atoms with Crippen LogP contribution in [-0.2, 0) is 30.5 Å². The molecule has 4 fully saturated rings. The van der Waals surface area contributed by atoms with Crippen LogP contribution in [-0.4, -0.2) is 41.3 Å². The number of primary amides is 1. The number of hydrogen-bond acceptors (Lipinski definition) is 9. The van der Waals surface area contributed by atoms with Crippen molar-refractivity contribution in [3.05, 3.63) is 33.8 Å². The maximum atomic E-state index is 14.8. The molecule has 11 heteroatoms. The van der Waals surface area contributed by atoms with Crippen molar-refractivity contribution >= 4 is 23.6 Å². The molecule has 48 heavy (non-hydrogen) atoms. The number of aryl methyl sites for hydroxylation is 1. The summed E-state index contributed by atoms with van der Waals surface area (Å²) in [6.07, 6.45) is 8.34. The lowest BCUT2D eigenvalue weighted by molar-refractivity contribution is -0.205. The van der Waals surface area contributed by atoms with Gasteiger partial charge in [-0.25, -0.2) is 4.79 Å².